The zero-order valence-corrected chi connectivity index (χ0v) is 30.9. The van der Waals surface area contributed by atoms with Crippen LogP contribution in [0.15, 0.2) is 72.8 Å². The highest BCUT2D eigenvalue weighted by Gasteiger charge is 2.36. The molecule has 1 aromatic heterocycles. The van der Waals surface area contributed by atoms with Crippen molar-refractivity contribution in [2.45, 2.75) is 83.7 Å². The first kappa shape index (κ1) is 36.4. The molecule has 4 heterocycles. The van der Waals surface area contributed by atoms with E-state index in [9.17, 15) is 15.2 Å². The Labute approximate surface area is 311 Å². The lowest BCUT2D eigenvalue weighted by atomic mass is 10.0. The summed E-state index contributed by atoms with van der Waals surface area (Å²) in [6, 6.07) is 26.7. The second-order valence-corrected chi connectivity index (χ2v) is 15.0. The summed E-state index contributed by atoms with van der Waals surface area (Å²) in [5, 5.41) is 23.3. The van der Waals surface area contributed by atoms with E-state index in [-0.39, 0.29) is 43.8 Å². The Kier molecular flexibility index (Phi) is 11.0. The Morgan fingerprint density at radius 1 is 0.962 bits per heavy atom. The highest BCUT2D eigenvalue weighted by Crippen LogP contribution is 2.35. The van der Waals surface area contributed by atoms with Gasteiger partial charge in [-0.05, 0) is 57.0 Å². The van der Waals surface area contributed by atoms with Gasteiger partial charge in [0.05, 0.1) is 37.4 Å². The van der Waals surface area contributed by atoms with E-state index < -0.39 is 12.0 Å². The molecule has 12 heteroatoms. The van der Waals surface area contributed by atoms with Gasteiger partial charge in [0.25, 0.3) is 0 Å². The number of aliphatic hydroxyl groups is 1. The number of fused-ring (bicyclic) bond motifs is 2. The van der Waals surface area contributed by atoms with Crippen LogP contribution in [-0.4, -0.2) is 94.4 Å². The standard InChI is InChI=1S/C41H49N7O5/c1-41(2,3)53-40(50)47-21-10-15-32(47)28-51-38-43-35-26-45(36-17-9-14-30-13-7-8-16-33(30)36)22-19-34(35)37(44-38)46-23-24-48(31(25-46)18-20-42)39(49)52-27-29-11-5-4-6-12-29/h4-9,11-14,16-17,31-32,39,49H,10,15,18-19,21-28H2,1-3H3/t31?,32-,39?/m0/s1. The van der Waals surface area contributed by atoms with Crippen LogP contribution in [0.2, 0.25) is 0 Å². The number of benzene rings is 3. The highest BCUT2D eigenvalue weighted by molar-refractivity contribution is 5.94. The molecule has 3 aliphatic rings. The van der Waals surface area contributed by atoms with Gasteiger partial charge in [-0.2, -0.15) is 15.2 Å². The van der Waals surface area contributed by atoms with Gasteiger partial charge in [0.1, 0.15) is 18.0 Å². The number of piperazine rings is 1. The van der Waals surface area contributed by atoms with Crippen molar-refractivity contribution in [2.24, 2.45) is 0 Å². The van der Waals surface area contributed by atoms with Crippen LogP contribution in [0.4, 0.5) is 16.3 Å². The molecule has 2 unspecified atom stereocenters. The van der Waals surface area contributed by atoms with Crippen LogP contribution in [0.5, 0.6) is 6.01 Å². The molecule has 2 saturated heterocycles. The third-order valence-corrected chi connectivity index (χ3v) is 10.2. The largest absolute Gasteiger partial charge is 0.461 e. The molecule has 0 spiro atoms. The number of carbonyl (C=O) groups excluding carboxylic acids is 1. The smallest absolute Gasteiger partial charge is 0.410 e. The summed E-state index contributed by atoms with van der Waals surface area (Å²) in [7, 11) is 0. The predicted octanol–water partition coefficient (Wildman–Crippen LogP) is 5.87. The minimum Gasteiger partial charge on any atom is -0.461 e. The third kappa shape index (κ3) is 8.49. The average molecular weight is 720 g/mol. The molecule has 0 radical (unpaired) electrons. The van der Waals surface area contributed by atoms with E-state index in [0.29, 0.717) is 32.7 Å². The Morgan fingerprint density at radius 3 is 2.57 bits per heavy atom. The van der Waals surface area contributed by atoms with Crippen LogP contribution in [0.25, 0.3) is 10.8 Å². The maximum absolute atomic E-state index is 13.0. The SMILES string of the molecule is CC(C)(C)OC(=O)N1CCC[C@H]1COc1nc2c(c(N3CCN(C(O)OCc4ccccc4)C(CC#N)C3)n1)CCN(c1cccc3ccccc13)C2. The number of rotatable bonds is 10. The first-order chi connectivity index (χ1) is 25.7. The van der Waals surface area contributed by atoms with E-state index in [1.54, 1.807) is 4.90 Å². The fourth-order valence-corrected chi connectivity index (χ4v) is 7.63. The number of carbonyl (C=O) groups is 1. The van der Waals surface area contributed by atoms with Crippen LogP contribution < -0.4 is 14.5 Å². The summed E-state index contributed by atoms with van der Waals surface area (Å²) in [6.07, 6.45) is 1.14. The zero-order chi connectivity index (χ0) is 37.0. The first-order valence-corrected chi connectivity index (χ1v) is 18.6. The molecule has 1 N–H and O–H groups in total. The number of amides is 1. The molecule has 7 rings (SSSR count). The maximum atomic E-state index is 13.0. The summed E-state index contributed by atoms with van der Waals surface area (Å²) >= 11 is 0. The second-order valence-electron chi connectivity index (χ2n) is 15.0. The average Bonchev–Trinajstić information content (AvgIpc) is 3.64. The second kappa shape index (κ2) is 16.0. The lowest BCUT2D eigenvalue weighted by Gasteiger charge is -2.43. The van der Waals surface area contributed by atoms with Crippen molar-refractivity contribution < 1.29 is 24.1 Å². The molecular weight excluding hydrogens is 670 g/mol. The van der Waals surface area contributed by atoms with Gasteiger partial charge in [-0.15, -0.1) is 0 Å². The minimum absolute atomic E-state index is 0.152. The van der Waals surface area contributed by atoms with Gasteiger partial charge in [-0.25, -0.2) is 9.69 Å². The number of anilines is 2. The number of likely N-dealkylation sites (tertiary alicyclic amines) is 1. The van der Waals surface area contributed by atoms with Crippen LogP contribution in [-0.2, 0) is 29.0 Å². The Hall–Kier alpha value is -4.96. The van der Waals surface area contributed by atoms with Gasteiger partial charge in [-0.1, -0.05) is 66.7 Å². The Morgan fingerprint density at radius 2 is 1.75 bits per heavy atom. The molecule has 0 bridgehead atoms. The fraction of sp³-hybridized carbons (Fsp3) is 0.463. The molecule has 53 heavy (non-hydrogen) atoms. The van der Waals surface area contributed by atoms with Gasteiger partial charge in [0.2, 0.25) is 6.41 Å². The molecule has 2 fully saturated rings. The van der Waals surface area contributed by atoms with E-state index in [2.05, 4.69) is 58.3 Å². The van der Waals surface area contributed by atoms with Crippen molar-refractivity contribution in [3.05, 3.63) is 89.6 Å². The summed E-state index contributed by atoms with van der Waals surface area (Å²) in [6.45, 7) is 9.64. The molecule has 1 amide bonds. The van der Waals surface area contributed by atoms with Crippen LogP contribution in [0.1, 0.15) is 56.9 Å². The molecule has 3 atom stereocenters. The molecule has 3 aromatic carbocycles. The lowest BCUT2D eigenvalue weighted by Crippen LogP contribution is -2.57. The van der Waals surface area contributed by atoms with Crippen molar-refractivity contribution in [2.75, 3.05) is 49.1 Å². The lowest BCUT2D eigenvalue weighted by molar-refractivity contribution is -0.213. The summed E-state index contributed by atoms with van der Waals surface area (Å²) in [5.74, 6) is 0.792. The van der Waals surface area contributed by atoms with Crippen LogP contribution >= 0.6 is 0 Å². The molecule has 12 nitrogen and oxygen atoms in total. The fourth-order valence-electron chi connectivity index (χ4n) is 7.63. The van der Waals surface area contributed by atoms with Crippen molar-refractivity contribution in [1.29, 1.82) is 5.26 Å². The van der Waals surface area contributed by atoms with E-state index in [4.69, 9.17) is 24.2 Å². The summed E-state index contributed by atoms with van der Waals surface area (Å²) < 4.78 is 17.9. The van der Waals surface area contributed by atoms with Crippen molar-refractivity contribution in [1.82, 2.24) is 19.8 Å². The van der Waals surface area contributed by atoms with E-state index in [1.165, 1.54) is 10.8 Å². The monoisotopic (exact) mass is 719 g/mol. The minimum atomic E-state index is -1.15. The highest BCUT2D eigenvalue weighted by atomic mass is 16.6. The number of ether oxygens (including phenoxy) is 3. The van der Waals surface area contributed by atoms with Crippen molar-refractivity contribution >= 4 is 28.4 Å². The number of hydrogen-bond donors (Lipinski definition) is 1. The molecule has 0 aliphatic carbocycles. The number of nitrogens with zero attached hydrogens (tertiary/aromatic N) is 7. The topological polar surface area (TPSA) is 128 Å². The summed E-state index contributed by atoms with van der Waals surface area (Å²) in [4.78, 5) is 31.2. The first-order valence-electron chi connectivity index (χ1n) is 18.6. The zero-order valence-electron chi connectivity index (χ0n) is 30.9. The maximum Gasteiger partial charge on any atom is 0.410 e. The van der Waals surface area contributed by atoms with Gasteiger partial charge in [0.15, 0.2) is 0 Å². The predicted molar refractivity (Wildman–Crippen MR) is 202 cm³/mol. The van der Waals surface area contributed by atoms with Crippen LogP contribution in [0.3, 0.4) is 0 Å². The van der Waals surface area contributed by atoms with Gasteiger partial charge in [-0.3, -0.25) is 0 Å². The van der Waals surface area contributed by atoms with Gasteiger partial charge >= 0.3 is 12.1 Å². The number of nitriles is 1. The van der Waals surface area contributed by atoms with E-state index >= 15 is 0 Å². The number of aliphatic hydroxyl groups excluding tert-OH is 1. The number of hydrogen-bond acceptors (Lipinski definition) is 11. The molecule has 3 aliphatic heterocycles. The van der Waals surface area contributed by atoms with E-state index in [1.807, 2.05) is 56.0 Å². The Bertz CT molecular complexity index is 1920. The number of aromatic nitrogens is 2. The quantitative estimate of drug-likeness (QED) is 0.198. The molecule has 278 valence electrons. The van der Waals surface area contributed by atoms with Crippen molar-refractivity contribution in [3.8, 4) is 12.1 Å². The summed E-state index contributed by atoms with van der Waals surface area (Å²) in [5.41, 5.74) is 3.49. The van der Waals surface area contributed by atoms with Gasteiger partial charge < -0.3 is 34.0 Å². The van der Waals surface area contributed by atoms with E-state index in [0.717, 1.165) is 54.1 Å². The normalized spacial score (nSPS) is 19.9. The molecule has 0 saturated carbocycles. The molecule has 4 aromatic rings. The van der Waals surface area contributed by atoms with Crippen LogP contribution in [0, 0.1) is 11.3 Å². The van der Waals surface area contributed by atoms with Gasteiger partial charge in [0, 0.05) is 55.4 Å². The van der Waals surface area contributed by atoms with Crippen molar-refractivity contribution in [3.63, 3.8) is 0 Å². The third-order valence-electron chi connectivity index (χ3n) is 10.2. The molecular formula is C41H49N7O5. The Balaban J connectivity index is 1.14.